The first-order valence-corrected chi connectivity index (χ1v) is 15.9. The van der Waals surface area contributed by atoms with Gasteiger partial charge < -0.3 is 29.9 Å². The Morgan fingerprint density at radius 2 is 1.84 bits per heavy atom. The molecule has 4 aliphatic rings. The number of likely N-dealkylation sites (tertiary alicyclic amines) is 1. The molecule has 2 bridgehead atoms. The molecule has 4 heterocycles. The zero-order chi connectivity index (χ0) is 32.1. The van der Waals surface area contributed by atoms with Gasteiger partial charge >= 0.3 is 0 Å². The minimum atomic E-state index is -0.956. The molecule has 0 saturated carbocycles. The summed E-state index contributed by atoms with van der Waals surface area (Å²) < 4.78 is 12.0. The van der Waals surface area contributed by atoms with E-state index in [0.717, 1.165) is 12.0 Å². The van der Waals surface area contributed by atoms with E-state index in [1.807, 2.05) is 52.8 Å². The molecule has 7 atom stereocenters. The van der Waals surface area contributed by atoms with Crippen molar-refractivity contribution in [3.05, 3.63) is 30.0 Å². The number of nitrogens with zero attached hydrogens (tertiary/aromatic N) is 3. The van der Waals surface area contributed by atoms with Crippen molar-refractivity contribution in [3.63, 3.8) is 0 Å². The topological polar surface area (TPSA) is 121 Å². The van der Waals surface area contributed by atoms with Crippen LogP contribution < -0.4 is 20.1 Å². The molecule has 0 unspecified atom stereocenters. The number of nitrogens with one attached hydrogen (secondary N) is 2. The van der Waals surface area contributed by atoms with E-state index in [0.29, 0.717) is 43.7 Å². The zero-order valence-corrected chi connectivity index (χ0v) is 27.2. The first-order valence-electron chi connectivity index (χ1n) is 15.9. The Balaban J connectivity index is 1.71. The molecule has 5 rings (SSSR count). The van der Waals surface area contributed by atoms with Crippen molar-refractivity contribution in [2.24, 2.45) is 11.8 Å². The fourth-order valence-electron chi connectivity index (χ4n) is 6.61. The van der Waals surface area contributed by atoms with Crippen molar-refractivity contribution in [1.29, 1.82) is 0 Å². The highest BCUT2D eigenvalue weighted by Crippen LogP contribution is 2.33. The van der Waals surface area contributed by atoms with Gasteiger partial charge in [-0.05, 0) is 57.0 Å². The van der Waals surface area contributed by atoms with Gasteiger partial charge in [-0.3, -0.25) is 24.1 Å². The van der Waals surface area contributed by atoms with Gasteiger partial charge in [0.15, 0.2) is 0 Å². The highest BCUT2D eigenvalue weighted by atomic mass is 16.5. The molecule has 2 N–H and O–H groups in total. The molecule has 4 aliphatic heterocycles. The number of hydrogen-bond donors (Lipinski definition) is 2. The number of rotatable bonds is 9. The maximum absolute atomic E-state index is 14.4. The van der Waals surface area contributed by atoms with E-state index in [2.05, 4.69) is 10.6 Å². The van der Waals surface area contributed by atoms with Crippen LogP contribution in [0.5, 0.6) is 11.5 Å². The number of carbonyl (C=O) groups excluding carboxylic acids is 4. The second kappa shape index (κ2) is 14.5. The molecule has 2 fully saturated rings. The quantitative estimate of drug-likeness (QED) is 0.441. The number of methoxy groups -OCH3 is 1. The Morgan fingerprint density at radius 3 is 2.50 bits per heavy atom. The van der Waals surface area contributed by atoms with Crippen LogP contribution in [0.15, 0.2) is 24.4 Å². The van der Waals surface area contributed by atoms with Gasteiger partial charge in [-0.2, -0.15) is 0 Å². The molecule has 242 valence electrons. The van der Waals surface area contributed by atoms with E-state index in [4.69, 9.17) is 9.47 Å². The van der Waals surface area contributed by atoms with Crippen LogP contribution in [0.2, 0.25) is 0 Å². The van der Waals surface area contributed by atoms with Crippen LogP contribution in [0, 0.1) is 11.8 Å². The summed E-state index contributed by atoms with van der Waals surface area (Å²) in [6.45, 7) is 8.70. The molecule has 11 heteroatoms. The molecular formula is C33H49N5O6. The van der Waals surface area contributed by atoms with E-state index >= 15 is 0 Å². The highest BCUT2D eigenvalue weighted by Gasteiger charge is 2.50. The molecule has 2 saturated heterocycles. The Morgan fingerprint density at radius 1 is 1.11 bits per heavy atom. The summed E-state index contributed by atoms with van der Waals surface area (Å²) in [4.78, 5) is 60.7. The smallest absolute Gasteiger partial charge is 0.249 e. The van der Waals surface area contributed by atoms with Gasteiger partial charge in [-0.25, -0.2) is 0 Å². The summed E-state index contributed by atoms with van der Waals surface area (Å²) in [6, 6.07) is 2.53. The van der Waals surface area contributed by atoms with Crippen LogP contribution >= 0.6 is 0 Å². The second-order valence-electron chi connectivity index (χ2n) is 12.5. The predicted octanol–water partition coefficient (Wildman–Crippen LogP) is 2.64. The second-order valence-corrected chi connectivity index (χ2v) is 12.5. The predicted molar refractivity (Wildman–Crippen MR) is 168 cm³/mol. The average Bonchev–Trinajstić information content (AvgIpc) is 3.66. The maximum Gasteiger partial charge on any atom is 0.249 e. The van der Waals surface area contributed by atoms with Crippen molar-refractivity contribution in [1.82, 2.24) is 25.3 Å². The molecule has 1 aromatic rings. The van der Waals surface area contributed by atoms with Crippen molar-refractivity contribution in [2.45, 2.75) is 90.1 Å². The van der Waals surface area contributed by atoms with E-state index in [9.17, 15) is 19.2 Å². The maximum atomic E-state index is 14.4. The summed E-state index contributed by atoms with van der Waals surface area (Å²) in [5.74, 6) is -0.129. The lowest BCUT2D eigenvalue weighted by atomic mass is 9.94. The molecule has 0 spiro atoms. The summed E-state index contributed by atoms with van der Waals surface area (Å²) in [5.41, 5.74) is 0.761. The zero-order valence-electron chi connectivity index (χ0n) is 27.2. The lowest BCUT2D eigenvalue weighted by Crippen LogP contribution is -2.61. The third-order valence-electron chi connectivity index (χ3n) is 9.48. The van der Waals surface area contributed by atoms with Gasteiger partial charge in [-0.1, -0.05) is 40.5 Å². The summed E-state index contributed by atoms with van der Waals surface area (Å²) in [5, 5.41) is 5.90. The molecule has 44 heavy (non-hydrogen) atoms. The number of carbonyl (C=O) groups is 4. The van der Waals surface area contributed by atoms with Gasteiger partial charge in [0.1, 0.15) is 35.7 Å². The Kier molecular flexibility index (Phi) is 10.9. The van der Waals surface area contributed by atoms with Crippen molar-refractivity contribution >= 4 is 29.7 Å². The fourth-order valence-corrected chi connectivity index (χ4v) is 6.61. The van der Waals surface area contributed by atoms with E-state index in [1.165, 1.54) is 0 Å². The SMILES string of the molecule is CC[C@H](C)[C@H](NC(=O)[C@H]([C@@H](C)CC)N(C)C)C(=O)N1CC[C@@H]2Oc3ccc(c(OC)c3)/C=C\NC(=O)[C@@H]3CCCN3C(=O)[C@H]21. The van der Waals surface area contributed by atoms with Crippen LogP contribution in [-0.4, -0.2) is 103 Å². The van der Waals surface area contributed by atoms with E-state index in [-0.39, 0.29) is 42.0 Å². The Hall–Kier alpha value is -3.60. The van der Waals surface area contributed by atoms with Crippen molar-refractivity contribution < 1.29 is 28.7 Å². The monoisotopic (exact) mass is 611 g/mol. The van der Waals surface area contributed by atoms with Crippen LogP contribution in [0.4, 0.5) is 0 Å². The molecule has 0 aliphatic carbocycles. The van der Waals surface area contributed by atoms with Crippen molar-refractivity contribution in [2.75, 3.05) is 34.3 Å². The molecule has 0 aromatic heterocycles. The van der Waals surface area contributed by atoms with Gasteiger partial charge in [0, 0.05) is 37.3 Å². The molecule has 1 aromatic carbocycles. The number of benzene rings is 1. The third-order valence-corrected chi connectivity index (χ3v) is 9.48. The van der Waals surface area contributed by atoms with Crippen LogP contribution in [0.1, 0.15) is 65.4 Å². The Bertz CT molecular complexity index is 1250. The van der Waals surface area contributed by atoms with Crippen LogP contribution in [0.25, 0.3) is 6.08 Å². The van der Waals surface area contributed by atoms with Gasteiger partial charge in [0.05, 0.1) is 13.2 Å². The number of amides is 4. The largest absolute Gasteiger partial charge is 0.496 e. The summed E-state index contributed by atoms with van der Waals surface area (Å²) in [7, 11) is 5.29. The molecular weight excluding hydrogens is 562 g/mol. The summed E-state index contributed by atoms with van der Waals surface area (Å²) in [6.07, 6.45) is 5.76. The molecule has 0 radical (unpaired) electrons. The van der Waals surface area contributed by atoms with Gasteiger partial charge in [-0.15, -0.1) is 0 Å². The van der Waals surface area contributed by atoms with E-state index in [1.54, 1.807) is 41.3 Å². The standard InChI is InChI=1S/C33H49N5O6/c1-8-20(3)27(35-31(40)28(36(5)6)21(4)9-2)32(41)38-18-15-25-29(38)33(42)37-17-10-11-24(37)30(39)34-16-14-22-12-13-23(44-25)19-26(22)43-7/h12-14,16,19-21,24-25,27-29H,8-11,15,17-18H2,1-7H3,(H,34,39)(H,35,40)/b16-14-/t20-,21-,24-,25-,27-,28-,29-/m0/s1. The number of hydrogen-bond acceptors (Lipinski definition) is 7. The minimum Gasteiger partial charge on any atom is -0.496 e. The lowest BCUT2D eigenvalue weighted by molar-refractivity contribution is -0.150. The van der Waals surface area contributed by atoms with E-state index < -0.39 is 30.3 Å². The number of likely N-dealkylation sites (N-methyl/N-ethyl adjacent to an activating group) is 1. The van der Waals surface area contributed by atoms with Crippen LogP contribution in [-0.2, 0) is 19.2 Å². The average molecular weight is 612 g/mol. The fraction of sp³-hybridized carbons (Fsp3) is 0.636. The first-order chi connectivity index (χ1) is 21.0. The Labute approximate surface area is 261 Å². The minimum absolute atomic E-state index is 0.0832. The van der Waals surface area contributed by atoms with Crippen molar-refractivity contribution in [3.8, 4) is 11.5 Å². The third kappa shape index (κ3) is 6.87. The lowest BCUT2D eigenvalue weighted by Gasteiger charge is -2.37. The molecule has 11 nitrogen and oxygen atoms in total. The normalized spacial score (nSPS) is 25.2. The highest BCUT2D eigenvalue weighted by molar-refractivity contribution is 5.96. The molecule has 4 amide bonds. The number of fused-ring (bicyclic) bond motifs is 4. The summed E-state index contributed by atoms with van der Waals surface area (Å²) >= 11 is 0. The number of ether oxygens (including phenoxy) is 2. The van der Waals surface area contributed by atoms with Gasteiger partial charge in [0.25, 0.3) is 0 Å². The first kappa shape index (κ1) is 33.3. The van der Waals surface area contributed by atoms with Gasteiger partial charge in [0.2, 0.25) is 23.6 Å². The van der Waals surface area contributed by atoms with Crippen LogP contribution in [0.3, 0.4) is 0 Å².